The Balaban J connectivity index is 1.33. The summed E-state index contributed by atoms with van der Waals surface area (Å²) in [6.45, 7) is 1.69. The van der Waals surface area contributed by atoms with Crippen molar-refractivity contribution in [3.63, 3.8) is 0 Å². The fourth-order valence-electron chi connectivity index (χ4n) is 5.15. The van der Waals surface area contributed by atoms with Crippen LogP contribution in [0.3, 0.4) is 0 Å². The highest BCUT2D eigenvalue weighted by atomic mass is 32.2. The number of rotatable bonds is 4. The van der Waals surface area contributed by atoms with Crippen molar-refractivity contribution in [2.75, 3.05) is 31.3 Å². The lowest BCUT2D eigenvalue weighted by molar-refractivity contribution is -0.154. The third-order valence-corrected chi connectivity index (χ3v) is 7.79. The van der Waals surface area contributed by atoms with E-state index in [0.29, 0.717) is 24.5 Å². The van der Waals surface area contributed by atoms with E-state index in [1.807, 2.05) is 4.90 Å². The van der Waals surface area contributed by atoms with Crippen molar-refractivity contribution in [3.05, 3.63) is 0 Å². The molecular weight excluding hydrogens is 378 g/mol. The molecule has 8 heteroatoms. The molecule has 0 bridgehead atoms. The topological polar surface area (TPSA) is 78.0 Å². The first-order valence-corrected chi connectivity index (χ1v) is 11.6. The van der Waals surface area contributed by atoms with Gasteiger partial charge in [-0.25, -0.2) is 0 Å². The standard InChI is InChI=1S/C20H29N3O4S/c24-16(23-14-28-13-15(23)19(27)21-8-3-4-9-21)5-10-22-17(25)11-20(12-18(22)26)6-1-2-7-20/h15H,1-14H2/t15-/m0/s1. The SMILES string of the molecule is O=C([C@@H]1CSCN1C(=O)CCN1C(=O)CC2(CCCC2)CC1=O)N1CCCC1. The van der Waals surface area contributed by atoms with E-state index in [4.69, 9.17) is 0 Å². The first-order valence-electron chi connectivity index (χ1n) is 10.5. The molecule has 7 nitrogen and oxygen atoms in total. The fourth-order valence-corrected chi connectivity index (χ4v) is 6.33. The predicted molar refractivity (Wildman–Crippen MR) is 105 cm³/mol. The highest BCUT2D eigenvalue weighted by Crippen LogP contribution is 2.46. The molecule has 154 valence electrons. The van der Waals surface area contributed by atoms with Crippen molar-refractivity contribution in [1.82, 2.24) is 14.7 Å². The predicted octanol–water partition coefficient (Wildman–Crippen LogP) is 1.61. The summed E-state index contributed by atoms with van der Waals surface area (Å²) in [4.78, 5) is 55.4. The Morgan fingerprint density at radius 3 is 2.29 bits per heavy atom. The van der Waals surface area contributed by atoms with Crippen LogP contribution in [0, 0.1) is 5.41 Å². The summed E-state index contributed by atoms with van der Waals surface area (Å²) < 4.78 is 0. The molecule has 0 aromatic carbocycles. The van der Waals surface area contributed by atoms with Gasteiger partial charge in [-0.1, -0.05) is 12.8 Å². The van der Waals surface area contributed by atoms with E-state index in [1.165, 1.54) is 4.90 Å². The van der Waals surface area contributed by atoms with E-state index in [2.05, 4.69) is 0 Å². The monoisotopic (exact) mass is 407 g/mol. The second-order valence-corrected chi connectivity index (χ2v) is 9.66. The van der Waals surface area contributed by atoms with Gasteiger partial charge in [0.1, 0.15) is 6.04 Å². The van der Waals surface area contributed by atoms with Crippen LogP contribution in [0.2, 0.25) is 0 Å². The Morgan fingerprint density at radius 1 is 1.00 bits per heavy atom. The molecule has 4 amide bonds. The minimum absolute atomic E-state index is 0.0455. The molecule has 4 rings (SSSR count). The minimum Gasteiger partial charge on any atom is -0.341 e. The number of hydrogen-bond donors (Lipinski definition) is 0. The van der Waals surface area contributed by atoms with Gasteiger partial charge in [0.2, 0.25) is 23.6 Å². The van der Waals surface area contributed by atoms with Gasteiger partial charge in [0.05, 0.1) is 5.88 Å². The largest absolute Gasteiger partial charge is 0.341 e. The third kappa shape index (κ3) is 3.80. The maximum absolute atomic E-state index is 12.8. The van der Waals surface area contributed by atoms with E-state index in [0.717, 1.165) is 51.6 Å². The Bertz CT molecular complexity index is 650. The first-order chi connectivity index (χ1) is 13.5. The molecule has 3 saturated heterocycles. The number of thioether (sulfide) groups is 1. The molecule has 4 fully saturated rings. The smallest absolute Gasteiger partial charge is 0.246 e. The number of hydrogen-bond acceptors (Lipinski definition) is 5. The van der Waals surface area contributed by atoms with E-state index in [-0.39, 0.29) is 42.0 Å². The van der Waals surface area contributed by atoms with Crippen LogP contribution in [-0.2, 0) is 19.2 Å². The molecular formula is C20H29N3O4S. The van der Waals surface area contributed by atoms with E-state index in [9.17, 15) is 19.2 Å². The quantitative estimate of drug-likeness (QED) is 0.662. The highest BCUT2D eigenvalue weighted by Gasteiger charge is 2.45. The minimum atomic E-state index is -0.398. The lowest BCUT2D eigenvalue weighted by atomic mass is 9.76. The summed E-state index contributed by atoms with van der Waals surface area (Å²) in [6.07, 6.45) is 7.14. The van der Waals surface area contributed by atoms with Crippen LogP contribution in [-0.4, -0.2) is 75.6 Å². The van der Waals surface area contributed by atoms with Crippen molar-refractivity contribution in [3.8, 4) is 0 Å². The Hall–Kier alpha value is -1.57. The molecule has 0 aromatic rings. The number of imide groups is 1. The molecule has 0 unspecified atom stereocenters. The zero-order chi connectivity index (χ0) is 19.7. The van der Waals surface area contributed by atoms with Crippen LogP contribution in [0.5, 0.6) is 0 Å². The molecule has 1 saturated carbocycles. The van der Waals surface area contributed by atoms with Crippen LogP contribution >= 0.6 is 11.8 Å². The number of amides is 4. The maximum atomic E-state index is 12.8. The van der Waals surface area contributed by atoms with Crippen LogP contribution < -0.4 is 0 Å². The summed E-state index contributed by atoms with van der Waals surface area (Å²) in [5.41, 5.74) is -0.118. The molecule has 0 radical (unpaired) electrons. The molecule has 3 aliphatic heterocycles. The number of carbonyl (C=O) groups excluding carboxylic acids is 4. The molecule has 1 spiro atoms. The Labute approximate surface area is 170 Å². The number of nitrogens with zero attached hydrogens (tertiary/aromatic N) is 3. The van der Waals surface area contributed by atoms with Crippen LogP contribution in [0.4, 0.5) is 0 Å². The van der Waals surface area contributed by atoms with E-state index < -0.39 is 6.04 Å². The average molecular weight is 408 g/mol. The average Bonchev–Trinajstić information content (AvgIpc) is 3.42. The van der Waals surface area contributed by atoms with Crippen molar-refractivity contribution in [2.24, 2.45) is 5.41 Å². The first kappa shape index (κ1) is 19.7. The van der Waals surface area contributed by atoms with Gasteiger partial charge >= 0.3 is 0 Å². The van der Waals surface area contributed by atoms with Crippen molar-refractivity contribution >= 4 is 35.4 Å². The van der Waals surface area contributed by atoms with Crippen LogP contribution in [0.1, 0.15) is 57.8 Å². The van der Waals surface area contributed by atoms with Gasteiger partial charge in [0.15, 0.2) is 0 Å². The van der Waals surface area contributed by atoms with Gasteiger partial charge in [0.25, 0.3) is 0 Å². The lowest BCUT2D eigenvalue weighted by Crippen LogP contribution is -2.50. The van der Waals surface area contributed by atoms with Crippen LogP contribution in [0.25, 0.3) is 0 Å². The summed E-state index contributed by atoms with van der Waals surface area (Å²) >= 11 is 1.59. The second-order valence-electron chi connectivity index (χ2n) is 8.66. The van der Waals surface area contributed by atoms with Crippen LogP contribution in [0.15, 0.2) is 0 Å². The zero-order valence-corrected chi connectivity index (χ0v) is 17.2. The summed E-state index contributed by atoms with van der Waals surface area (Å²) in [6, 6.07) is -0.398. The summed E-state index contributed by atoms with van der Waals surface area (Å²) in [7, 11) is 0. The zero-order valence-electron chi connectivity index (χ0n) is 16.4. The number of carbonyl (C=O) groups is 4. The fraction of sp³-hybridized carbons (Fsp3) is 0.800. The van der Waals surface area contributed by atoms with E-state index in [1.54, 1.807) is 16.7 Å². The molecule has 3 heterocycles. The Kier molecular flexibility index (Phi) is 5.67. The molecule has 1 atom stereocenters. The maximum Gasteiger partial charge on any atom is 0.246 e. The number of likely N-dealkylation sites (tertiary alicyclic amines) is 2. The highest BCUT2D eigenvalue weighted by molar-refractivity contribution is 7.99. The van der Waals surface area contributed by atoms with E-state index >= 15 is 0 Å². The molecule has 0 N–H and O–H groups in total. The van der Waals surface area contributed by atoms with Gasteiger partial charge in [-0.2, -0.15) is 0 Å². The van der Waals surface area contributed by atoms with Crippen molar-refractivity contribution in [2.45, 2.75) is 63.8 Å². The van der Waals surface area contributed by atoms with Gasteiger partial charge in [-0.15, -0.1) is 11.8 Å². The van der Waals surface area contributed by atoms with Crippen molar-refractivity contribution in [1.29, 1.82) is 0 Å². The lowest BCUT2D eigenvalue weighted by Gasteiger charge is -2.37. The Morgan fingerprint density at radius 2 is 1.64 bits per heavy atom. The van der Waals surface area contributed by atoms with Gasteiger partial charge in [0, 0.05) is 44.6 Å². The molecule has 0 aromatic heterocycles. The molecule has 4 aliphatic rings. The van der Waals surface area contributed by atoms with Gasteiger partial charge < -0.3 is 9.80 Å². The summed E-state index contributed by atoms with van der Waals surface area (Å²) in [5, 5.41) is 0. The third-order valence-electron chi connectivity index (χ3n) is 6.77. The molecule has 28 heavy (non-hydrogen) atoms. The normalized spacial score (nSPS) is 27.3. The van der Waals surface area contributed by atoms with Crippen molar-refractivity contribution < 1.29 is 19.2 Å². The molecule has 1 aliphatic carbocycles. The second kappa shape index (κ2) is 8.05. The number of piperidine rings is 1. The summed E-state index contributed by atoms with van der Waals surface area (Å²) in [5.74, 6) is 0.783. The van der Waals surface area contributed by atoms with Gasteiger partial charge in [-0.3, -0.25) is 24.1 Å². The van der Waals surface area contributed by atoms with Gasteiger partial charge in [-0.05, 0) is 31.1 Å².